The van der Waals surface area contributed by atoms with E-state index in [0.717, 1.165) is 18.7 Å². The molecule has 0 bridgehead atoms. The smallest absolute Gasteiger partial charge is 0.246 e. The standard InChI is InChI=1S/C18H26N2O/c1-16-8-6-7-13-20(16)15-14-19(2)18(21)12-11-17-9-4-3-5-10-17/h3-5,9-12,16H,6-8,13-15H2,1-2H3/b12-11+/t16-/m0/s1. The minimum absolute atomic E-state index is 0.0727. The first-order chi connectivity index (χ1) is 10.2. The first-order valence-corrected chi connectivity index (χ1v) is 7.89. The zero-order valence-electron chi connectivity index (χ0n) is 13.2. The summed E-state index contributed by atoms with van der Waals surface area (Å²) in [5.41, 5.74) is 1.06. The van der Waals surface area contributed by atoms with Gasteiger partial charge in [0.05, 0.1) is 0 Å². The van der Waals surface area contributed by atoms with Crippen LogP contribution in [0.2, 0.25) is 0 Å². The lowest BCUT2D eigenvalue weighted by atomic mass is 10.0. The monoisotopic (exact) mass is 286 g/mol. The van der Waals surface area contributed by atoms with Crippen molar-refractivity contribution < 1.29 is 4.79 Å². The fourth-order valence-corrected chi connectivity index (χ4v) is 2.74. The number of nitrogens with zero attached hydrogens (tertiary/aromatic N) is 2. The van der Waals surface area contributed by atoms with Gasteiger partial charge in [0.2, 0.25) is 5.91 Å². The molecule has 3 nitrogen and oxygen atoms in total. The maximum absolute atomic E-state index is 12.1. The van der Waals surface area contributed by atoms with E-state index in [0.29, 0.717) is 6.04 Å². The summed E-state index contributed by atoms with van der Waals surface area (Å²) in [6.45, 7) is 5.23. The Morgan fingerprint density at radius 3 is 2.81 bits per heavy atom. The van der Waals surface area contributed by atoms with Gasteiger partial charge in [-0.15, -0.1) is 0 Å². The predicted octanol–water partition coefficient (Wildman–Crippen LogP) is 3.03. The summed E-state index contributed by atoms with van der Waals surface area (Å²) in [6.07, 6.45) is 7.45. The van der Waals surface area contributed by atoms with Crippen LogP contribution in [0.3, 0.4) is 0 Å². The molecule has 0 aromatic heterocycles. The molecule has 1 aliphatic rings. The van der Waals surface area contributed by atoms with Gasteiger partial charge < -0.3 is 4.90 Å². The molecule has 21 heavy (non-hydrogen) atoms. The zero-order chi connectivity index (χ0) is 15.1. The molecule has 1 atom stereocenters. The Morgan fingerprint density at radius 2 is 2.10 bits per heavy atom. The molecule has 1 fully saturated rings. The third kappa shape index (κ3) is 5.01. The Morgan fingerprint density at radius 1 is 1.33 bits per heavy atom. The molecule has 1 aliphatic heterocycles. The Balaban J connectivity index is 1.78. The van der Waals surface area contributed by atoms with Gasteiger partial charge in [-0.2, -0.15) is 0 Å². The molecule has 1 aromatic rings. The lowest BCUT2D eigenvalue weighted by Crippen LogP contribution is -2.42. The zero-order valence-corrected chi connectivity index (χ0v) is 13.2. The predicted molar refractivity (Wildman–Crippen MR) is 88.0 cm³/mol. The highest BCUT2D eigenvalue weighted by Gasteiger charge is 2.18. The maximum atomic E-state index is 12.1. The molecule has 0 spiro atoms. The number of rotatable bonds is 5. The lowest BCUT2D eigenvalue weighted by molar-refractivity contribution is -0.125. The first-order valence-electron chi connectivity index (χ1n) is 7.89. The molecular weight excluding hydrogens is 260 g/mol. The average molecular weight is 286 g/mol. The SMILES string of the molecule is C[C@H]1CCCCN1CCN(C)C(=O)/C=C/c1ccccc1. The average Bonchev–Trinajstić information content (AvgIpc) is 2.52. The molecule has 0 radical (unpaired) electrons. The van der Waals surface area contributed by atoms with Crippen LogP contribution in [-0.4, -0.2) is 48.4 Å². The Kier molecular flexibility index (Phi) is 6.00. The molecule has 2 rings (SSSR count). The Bertz CT molecular complexity index is 469. The molecule has 1 aromatic carbocycles. The van der Waals surface area contributed by atoms with Crippen molar-refractivity contribution in [3.63, 3.8) is 0 Å². The Labute approximate surface area is 128 Å². The quantitative estimate of drug-likeness (QED) is 0.777. The summed E-state index contributed by atoms with van der Waals surface area (Å²) < 4.78 is 0. The van der Waals surface area contributed by atoms with Gasteiger partial charge in [0, 0.05) is 32.3 Å². The number of likely N-dealkylation sites (N-methyl/N-ethyl adjacent to an activating group) is 1. The molecule has 114 valence electrons. The molecular formula is C18H26N2O. The number of hydrogen-bond acceptors (Lipinski definition) is 2. The van der Waals surface area contributed by atoms with E-state index in [1.54, 1.807) is 11.0 Å². The highest BCUT2D eigenvalue weighted by Crippen LogP contribution is 2.15. The molecule has 3 heteroatoms. The van der Waals surface area contributed by atoms with E-state index >= 15 is 0 Å². The van der Waals surface area contributed by atoms with Crippen LogP contribution in [0.25, 0.3) is 6.08 Å². The van der Waals surface area contributed by atoms with Crippen molar-refractivity contribution in [2.45, 2.75) is 32.2 Å². The number of amides is 1. The van der Waals surface area contributed by atoms with Crippen molar-refractivity contribution in [2.24, 2.45) is 0 Å². The van der Waals surface area contributed by atoms with E-state index in [1.165, 1.54) is 25.8 Å². The van der Waals surface area contributed by atoms with Gasteiger partial charge in [0.1, 0.15) is 0 Å². The van der Waals surface area contributed by atoms with E-state index in [4.69, 9.17) is 0 Å². The first kappa shape index (κ1) is 15.8. The van der Waals surface area contributed by atoms with Gasteiger partial charge >= 0.3 is 0 Å². The fraction of sp³-hybridized carbons (Fsp3) is 0.500. The molecule has 0 saturated carbocycles. The second-order valence-corrected chi connectivity index (χ2v) is 5.88. The van der Waals surface area contributed by atoms with Crippen molar-refractivity contribution in [3.05, 3.63) is 42.0 Å². The van der Waals surface area contributed by atoms with Crippen LogP contribution in [-0.2, 0) is 4.79 Å². The van der Waals surface area contributed by atoms with Crippen LogP contribution >= 0.6 is 0 Å². The van der Waals surface area contributed by atoms with Crippen molar-refractivity contribution in [1.29, 1.82) is 0 Å². The van der Waals surface area contributed by atoms with E-state index < -0.39 is 0 Å². The maximum Gasteiger partial charge on any atom is 0.246 e. The number of benzene rings is 1. The molecule has 1 saturated heterocycles. The summed E-state index contributed by atoms with van der Waals surface area (Å²) in [6, 6.07) is 10.6. The van der Waals surface area contributed by atoms with Crippen molar-refractivity contribution in [3.8, 4) is 0 Å². The number of carbonyl (C=O) groups is 1. The van der Waals surface area contributed by atoms with Crippen molar-refractivity contribution >= 4 is 12.0 Å². The van der Waals surface area contributed by atoms with Gasteiger partial charge in [0.15, 0.2) is 0 Å². The van der Waals surface area contributed by atoms with Gasteiger partial charge in [0.25, 0.3) is 0 Å². The summed E-state index contributed by atoms with van der Waals surface area (Å²) >= 11 is 0. The fourth-order valence-electron chi connectivity index (χ4n) is 2.74. The lowest BCUT2D eigenvalue weighted by Gasteiger charge is -2.34. The van der Waals surface area contributed by atoms with E-state index in [9.17, 15) is 4.79 Å². The summed E-state index contributed by atoms with van der Waals surface area (Å²) in [5.74, 6) is 0.0727. The third-order valence-corrected chi connectivity index (χ3v) is 4.26. The topological polar surface area (TPSA) is 23.6 Å². The molecule has 0 N–H and O–H groups in total. The molecule has 0 aliphatic carbocycles. The van der Waals surface area contributed by atoms with Crippen LogP contribution in [0.15, 0.2) is 36.4 Å². The highest BCUT2D eigenvalue weighted by atomic mass is 16.2. The molecule has 1 amide bonds. The second kappa shape index (κ2) is 7.99. The number of piperidine rings is 1. The van der Waals surface area contributed by atoms with Gasteiger partial charge in [-0.1, -0.05) is 36.8 Å². The van der Waals surface area contributed by atoms with Crippen molar-refractivity contribution in [1.82, 2.24) is 9.80 Å². The summed E-state index contributed by atoms with van der Waals surface area (Å²) in [7, 11) is 1.88. The number of likely N-dealkylation sites (tertiary alicyclic amines) is 1. The van der Waals surface area contributed by atoms with E-state index in [-0.39, 0.29) is 5.91 Å². The van der Waals surface area contributed by atoms with Gasteiger partial charge in [-0.05, 0) is 37.9 Å². The Hall–Kier alpha value is -1.61. The summed E-state index contributed by atoms with van der Waals surface area (Å²) in [5, 5.41) is 0. The highest BCUT2D eigenvalue weighted by molar-refractivity contribution is 5.91. The minimum atomic E-state index is 0.0727. The van der Waals surface area contributed by atoms with Crippen LogP contribution in [0.5, 0.6) is 0 Å². The minimum Gasteiger partial charge on any atom is -0.341 e. The number of hydrogen-bond donors (Lipinski definition) is 0. The number of carbonyl (C=O) groups excluding carboxylic acids is 1. The molecule has 1 heterocycles. The summed E-state index contributed by atoms with van der Waals surface area (Å²) in [4.78, 5) is 16.4. The largest absolute Gasteiger partial charge is 0.341 e. The van der Waals surface area contributed by atoms with Crippen molar-refractivity contribution in [2.75, 3.05) is 26.7 Å². The van der Waals surface area contributed by atoms with E-state index in [2.05, 4.69) is 11.8 Å². The third-order valence-electron chi connectivity index (χ3n) is 4.26. The van der Waals surface area contributed by atoms with E-state index in [1.807, 2.05) is 43.5 Å². The van der Waals surface area contributed by atoms with Crippen LogP contribution in [0.1, 0.15) is 31.7 Å². The van der Waals surface area contributed by atoms with Gasteiger partial charge in [-0.3, -0.25) is 9.69 Å². The van der Waals surface area contributed by atoms with Crippen LogP contribution < -0.4 is 0 Å². The second-order valence-electron chi connectivity index (χ2n) is 5.88. The van der Waals surface area contributed by atoms with Gasteiger partial charge in [-0.25, -0.2) is 0 Å². The molecule has 0 unspecified atom stereocenters. The normalized spacial score (nSPS) is 19.8. The van der Waals surface area contributed by atoms with Crippen LogP contribution in [0.4, 0.5) is 0 Å². The van der Waals surface area contributed by atoms with Crippen LogP contribution in [0, 0.1) is 0 Å².